The highest BCUT2D eigenvalue weighted by molar-refractivity contribution is 5.80. The first kappa shape index (κ1) is 21.6. The fourth-order valence-electron chi connectivity index (χ4n) is 5.78. The highest BCUT2D eigenvalue weighted by Crippen LogP contribution is 2.32. The molecule has 1 aromatic rings. The number of amides is 2. The molecule has 8 nitrogen and oxygen atoms in total. The first-order chi connectivity index (χ1) is 15.5. The number of hydrogen-bond donors (Lipinski definition) is 1. The van der Waals surface area contributed by atoms with Gasteiger partial charge in [-0.1, -0.05) is 12.8 Å². The van der Waals surface area contributed by atoms with Crippen molar-refractivity contribution < 1.29 is 14.3 Å². The summed E-state index contributed by atoms with van der Waals surface area (Å²) in [6.07, 6.45) is 8.43. The second-order valence-electron chi connectivity index (χ2n) is 10.0. The average Bonchev–Trinajstić information content (AvgIpc) is 3.27. The van der Waals surface area contributed by atoms with E-state index in [2.05, 4.69) is 4.98 Å². The van der Waals surface area contributed by atoms with Gasteiger partial charge in [0.05, 0.1) is 18.3 Å². The molecule has 2 aliphatic carbocycles. The molecule has 1 N–H and O–H groups in total. The summed E-state index contributed by atoms with van der Waals surface area (Å²) in [6, 6.07) is 0. The predicted molar refractivity (Wildman–Crippen MR) is 118 cm³/mol. The fraction of sp³-hybridized carbons (Fsp3) is 0.750. The van der Waals surface area contributed by atoms with E-state index >= 15 is 0 Å². The van der Waals surface area contributed by atoms with Gasteiger partial charge in [-0.05, 0) is 44.9 Å². The Morgan fingerprint density at radius 1 is 1.00 bits per heavy atom. The summed E-state index contributed by atoms with van der Waals surface area (Å²) >= 11 is 0. The van der Waals surface area contributed by atoms with E-state index in [0.29, 0.717) is 44.0 Å². The number of hydrogen-bond acceptors (Lipinski definition) is 5. The van der Waals surface area contributed by atoms with Crippen molar-refractivity contribution in [2.45, 2.75) is 76.4 Å². The van der Waals surface area contributed by atoms with Crippen LogP contribution in [-0.4, -0.2) is 64.4 Å². The second-order valence-corrected chi connectivity index (χ2v) is 10.0. The topological polar surface area (TPSA) is 95.6 Å². The number of likely N-dealkylation sites (tertiary alicyclic amines) is 1. The lowest BCUT2D eigenvalue weighted by molar-refractivity contribution is -0.139. The lowest BCUT2D eigenvalue weighted by atomic mass is 9.84. The molecular formula is C24H34N4O4. The van der Waals surface area contributed by atoms with E-state index in [1.165, 1.54) is 0 Å². The highest BCUT2D eigenvalue weighted by atomic mass is 16.5. The van der Waals surface area contributed by atoms with Gasteiger partial charge in [0.2, 0.25) is 11.8 Å². The van der Waals surface area contributed by atoms with Gasteiger partial charge in [0.25, 0.3) is 5.56 Å². The number of methoxy groups -OCH3 is 1. The Balaban J connectivity index is 1.27. The monoisotopic (exact) mass is 442 g/mol. The lowest BCUT2D eigenvalue weighted by Gasteiger charge is -2.34. The molecule has 0 unspecified atom stereocenters. The van der Waals surface area contributed by atoms with Crippen molar-refractivity contribution >= 4 is 11.8 Å². The molecule has 3 atom stereocenters. The van der Waals surface area contributed by atoms with Crippen molar-refractivity contribution in [1.82, 2.24) is 19.8 Å². The molecule has 8 heteroatoms. The van der Waals surface area contributed by atoms with Crippen molar-refractivity contribution in [3.05, 3.63) is 27.4 Å². The van der Waals surface area contributed by atoms with E-state index in [0.717, 1.165) is 57.1 Å². The Morgan fingerprint density at radius 3 is 2.50 bits per heavy atom. The van der Waals surface area contributed by atoms with Crippen molar-refractivity contribution in [2.24, 2.45) is 11.8 Å². The van der Waals surface area contributed by atoms with E-state index in [1.807, 2.05) is 9.80 Å². The van der Waals surface area contributed by atoms with Crippen molar-refractivity contribution in [1.29, 1.82) is 0 Å². The number of carbonyl (C=O) groups excluding carboxylic acids is 2. The quantitative estimate of drug-likeness (QED) is 0.769. The Labute approximate surface area is 188 Å². The Morgan fingerprint density at radius 2 is 1.75 bits per heavy atom. The van der Waals surface area contributed by atoms with Crippen LogP contribution in [-0.2, 0) is 27.3 Å². The van der Waals surface area contributed by atoms with Crippen LogP contribution >= 0.6 is 0 Å². The van der Waals surface area contributed by atoms with Crippen LogP contribution < -0.4 is 5.56 Å². The van der Waals surface area contributed by atoms with Crippen LogP contribution in [0.4, 0.5) is 0 Å². The molecule has 32 heavy (non-hydrogen) atoms. The molecule has 1 saturated heterocycles. The van der Waals surface area contributed by atoms with Gasteiger partial charge in [0.15, 0.2) is 0 Å². The normalized spacial score (nSPS) is 28.3. The summed E-state index contributed by atoms with van der Waals surface area (Å²) in [7, 11) is 1.72. The maximum atomic E-state index is 13.1. The number of nitrogens with zero attached hydrogens (tertiary/aromatic N) is 3. The molecule has 0 radical (unpaired) electrons. The second kappa shape index (κ2) is 8.96. The Kier molecular flexibility index (Phi) is 6.05. The van der Waals surface area contributed by atoms with Gasteiger partial charge in [-0.25, -0.2) is 4.98 Å². The molecule has 3 fully saturated rings. The summed E-state index contributed by atoms with van der Waals surface area (Å²) in [4.78, 5) is 50.2. The number of rotatable bonds is 4. The van der Waals surface area contributed by atoms with E-state index in [4.69, 9.17) is 9.72 Å². The number of nitrogens with one attached hydrogen (secondary N) is 1. The van der Waals surface area contributed by atoms with Crippen LogP contribution in [0.3, 0.4) is 0 Å². The Hall–Kier alpha value is -2.22. The van der Waals surface area contributed by atoms with Gasteiger partial charge in [-0.15, -0.1) is 0 Å². The van der Waals surface area contributed by atoms with E-state index < -0.39 is 0 Å². The van der Waals surface area contributed by atoms with Gasteiger partial charge in [-0.3, -0.25) is 14.4 Å². The zero-order valence-corrected chi connectivity index (χ0v) is 19.0. The number of H-pyrrole nitrogens is 1. The predicted octanol–water partition coefficient (Wildman–Crippen LogP) is 1.98. The van der Waals surface area contributed by atoms with E-state index in [9.17, 15) is 14.4 Å². The van der Waals surface area contributed by atoms with Crippen LogP contribution in [0.15, 0.2) is 4.79 Å². The molecule has 1 aromatic heterocycles. The van der Waals surface area contributed by atoms with Crippen LogP contribution in [0.2, 0.25) is 0 Å². The molecule has 0 bridgehead atoms. The van der Waals surface area contributed by atoms with Crippen molar-refractivity contribution in [2.75, 3.05) is 26.7 Å². The molecule has 0 spiro atoms. The number of carbonyl (C=O) groups is 2. The van der Waals surface area contributed by atoms with Crippen LogP contribution in [0.25, 0.3) is 0 Å². The van der Waals surface area contributed by atoms with Gasteiger partial charge in [0, 0.05) is 50.1 Å². The number of ether oxygens (including phenoxy) is 1. The van der Waals surface area contributed by atoms with E-state index in [1.54, 1.807) is 7.11 Å². The van der Waals surface area contributed by atoms with Crippen LogP contribution in [0, 0.1) is 11.8 Å². The van der Waals surface area contributed by atoms with E-state index in [-0.39, 0.29) is 41.2 Å². The maximum Gasteiger partial charge on any atom is 0.254 e. The SMILES string of the molecule is CO[C@@H]1CCC[C@H](C(=O)N2CC[C@@H](c3nc4c(c(=O)[nH]3)CCN(C(=O)C3CCC3)C4)C2)C1. The molecule has 4 aliphatic rings. The third kappa shape index (κ3) is 4.09. The summed E-state index contributed by atoms with van der Waals surface area (Å²) in [6.45, 7) is 2.32. The standard InChI is InChI=1S/C24H34N4O4/c1-32-18-7-3-6-16(12-18)24(31)27-10-8-17(13-27)21-25-20-14-28(23(30)15-4-2-5-15)11-9-19(20)22(29)26-21/h15-18H,2-14H2,1H3,(H,25,26,29)/t16-,17+,18+/m0/s1. The minimum absolute atomic E-state index is 0.0362. The molecule has 2 saturated carbocycles. The number of fused-ring (bicyclic) bond motifs is 1. The molecular weight excluding hydrogens is 408 g/mol. The zero-order valence-electron chi connectivity index (χ0n) is 19.0. The maximum absolute atomic E-state index is 13.1. The van der Waals surface area contributed by atoms with Crippen molar-refractivity contribution in [3.63, 3.8) is 0 Å². The zero-order chi connectivity index (χ0) is 22.2. The smallest absolute Gasteiger partial charge is 0.254 e. The van der Waals surface area contributed by atoms with Gasteiger partial charge >= 0.3 is 0 Å². The molecule has 0 aromatic carbocycles. The first-order valence-corrected chi connectivity index (χ1v) is 12.3. The summed E-state index contributed by atoms with van der Waals surface area (Å²) < 4.78 is 5.49. The van der Waals surface area contributed by atoms with Gasteiger partial charge in [0.1, 0.15) is 5.82 Å². The van der Waals surface area contributed by atoms with Crippen molar-refractivity contribution in [3.8, 4) is 0 Å². The van der Waals surface area contributed by atoms with Crippen LogP contribution in [0.1, 0.15) is 74.4 Å². The highest BCUT2D eigenvalue weighted by Gasteiger charge is 2.36. The number of aromatic nitrogens is 2. The average molecular weight is 443 g/mol. The van der Waals surface area contributed by atoms with Gasteiger partial charge in [-0.2, -0.15) is 0 Å². The third-order valence-electron chi connectivity index (χ3n) is 8.05. The summed E-state index contributed by atoms with van der Waals surface area (Å²) in [5, 5.41) is 0. The molecule has 3 heterocycles. The number of aromatic amines is 1. The molecule has 2 amide bonds. The fourth-order valence-corrected chi connectivity index (χ4v) is 5.78. The lowest BCUT2D eigenvalue weighted by Crippen LogP contribution is -2.43. The molecule has 5 rings (SSSR count). The first-order valence-electron chi connectivity index (χ1n) is 12.3. The van der Waals surface area contributed by atoms with Crippen LogP contribution in [0.5, 0.6) is 0 Å². The minimum atomic E-state index is -0.0827. The van der Waals surface area contributed by atoms with Gasteiger partial charge < -0.3 is 19.5 Å². The summed E-state index contributed by atoms with van der Waals surface area (Å²) in [5.41, 5.74) is 1.37. The molecule has 174 valence electrons. The Bertz CT molecular complexity index is 940. The third-order valence-corrected chi connectivity index (χ3v) is 8.05. The summed E-state index contributed by atoms with van der Waals surface area (Å²) in [5.74, 6) is 1.33. The molecule has 2 aliphatic heterocycles. The minimum Gasteiger partial charge on any atom is -0.381 e. The largest absolute Gasteiger partial charge is 0.381 e.